The molecule has 0 aromatic carbocycles. The van der Waals surface area contributed by atoms with Gasteiger partial charge in [0.2, 0.25) is 0 Å². The Morgan fingerprint density at radius 3 is 2.74 bits per heavy atom. The van der Waals surface area contributed by atoms with Gasteiger partial charge in [-0.2, -0.15) is 5.10 Å². The summed E-state index contributed by atoms with van der Waals surface area (Å²) in [6, 6.07) is 4.58. The first-order chi connectivity index (χ1) is 9.36. The number of piperidine rings is 1. The third-order valence-electron chi connectivity index (χ3n) is 3.64. The summed E-state index contributed by atoms with van der Waals surface area (Å²) in [4.78, 5) is 4.34. The average molecular weight is 257 g/mol. The van der Waals surface area contributed by atoms with Crippen molar-refractivity contribution in [2.24, 2.45) is 0 Å². The molecular formula is C14H19N5. The lowest BCUT2D eigenvalue weighted by Crippen LogP contribution is -2.29. The van der Waals surface area contributed by atoms with E-state index in [0.717, 1.165) is 42.9 Å². The molecule has 0 radical (unpaired) electrons. The summed E-state index contributed by atoms with van der Waals surface area (Å²) in [6.07, 6.45) is 8.25. The standard InChI is InChI=1S/C14H19N5/c1-15-14-3-2-11(8-17-14)12-9-18-19(10-12)13-4-6-16-7-5-13/h2-3,8-10,13,16H,4-7H2,1H3,(H,15,17). The maximum absolute atomic E-state index is 4.50. The molecule has 0 atom stereocenters. The normalized spacial score (nSPS) is 16.5. The minimum absolute atomic E-state index is 0.527. The minimum Gasteiger partial charge on any atom is -0.373 e. The van der Waals surface area contributed by atoms with Crippen LogP contribution in [0.15, 0.2) is 30.7 Å². The molecule has 0 amide bonds. The molecule has 0 spiro atoms. The van der Waals surface area contributed by atoms with Gasteiger partial charge in [-0.05, 0) is 38.1 Å². The highest BCUT2D eigenvalue weighted by Gasteiger charge is 2.15. The molecule has 100 valence electrons. The largest absolute Gasteiger partial charge is 0.373 e. The second-order valence-corrected chi connectivity index (χ2v) is 4.87. The summed E-state index contributed by atoms with van der Waals surface area (Å²) in [5.41, 5.74) is 2.24. The Balaban J connectivity index is 1.79. The van der Waals surface area contributed by atoms with E-state index in [1.54, 1.807) is 0 Å². The number of pyridine rings is 1. The quantitative estimate of drug-likeness (QED) is 0.882. The van der Waals surface area contributed by atoms with Crippen LogP contribution in [0.25, 0.3) is 11.1 Å². The lowest BCUT2D eigenvalue weighted by atomic mass is 10.1. The van der Waals surface area contributed by atoms with Crippen LogP contribution in [0.1, 0.15) is 18.9 Å². The fourth-order valence-electron chi connectivity index (χ4n) is 2.47. The van der Waals surface area contributed by atoms with Crippen molar-refractivity contribution in [2.75, 3.05) is 25.5 Å². The first-order valence-electron chi connectivity index (χ1n) is 6.76. The highest BCUT2D eigenvalue weighted by Crippen LogP contribution is 2.23. The lowest BCUT2D eigenvalue weighted by molar-refractivity contribution is 0.343. The van der Waals surface area contributed by atoms with E-state index in [9.17, 15) is 0 Å². The number of nitrogens with one attached hydrogen (secondary N) is 2. The molecule has 1 fully saturated rings. The van der Waals surface area contributed by atoms with Crippen LogP contribution in [0.4, 0.5) is 5.82 Å². The number of hydrogen-bond donors (Lipinski definition) is 2. The number of rotatable bonds is 3. The molecule has 0 bridgehead atoms. The minimum atomic E-state index is 0.527. The maximum Gasteiger partial charge on any atom is 0.125 e. The lowest BCUT2D eigenvalue weighted by Gasteiger charge is -2.22. The van der Waals surface area contributed by atoms with E-state index in [1.165, 1.54) is 0 Å². The first-order valence-corrected chi connectivity index (χ1v) is 6.76. The van der Waals surface area contributed by atoms with Gasteiger partial charge in [-0.1, -0.05) is 0 Å². The molecule has 1 saturated heterocycles. The molecule has 2 aromatic heterocycles. The Labute approximate surface area is 113 Å². The Kier molecular flexibility index (Phi) is 3.46. The van der Waals surface area contributed by atoms with E-state index in [4.69, 9.17) is 0 Å². The van der Waals surface area contributed by atoms with Crippen LogP contribution in [0.5, 0.6) is 0 Å². The number of anilines is 1. The smallest absolute Gasteiger partial charge is 0.125 e. The summed E-state index contributed by atoms with van der Waals surface area (Å²) >= 11 is 0. The fraction of sp³-hybridized carbons (Fsp3) is 0.429. The molecule has 5 heteroatoms. The zero-order valence-corrected chi connectivity index (χ0v) is 11.1. The maximum atomic E-state index is 4.50. The van der Waals surface area contributed by atoms with Crippen LogP contribution in [-0.4, -0.2) is 34.9 Å². The van der Waals surface area contributed by atoms with Crippen LogP contribution >= 0.6 is 0 Å². The summed E-state index contributed by atoms with van der Waals surface area (Å²) in [7, 11) is 1.87. The van der Waals surface area contributed by atoms with E-state index in [0.29, 0.717) is 6.04 Å². The number of hydrogen-bond acceptors (Lipinski definition) is 4. The molecule has 5 nitrogen and oxygen atoms in total. The fourth-order valence-corrected chi connectivity index (χ4v) is 2.47. The highest BCUT2D eigenvalue weighted by molar-refractivity contribution is 5.62. The van der Waals surface area contributed by atoms with Crippen molar-refractivity contribution in [3.8, 4) is 11.1 Å². The Bertz CT molecular complexity index is 525. The predicted molar refractivity (Wildman–Crippen MR) is 76.1 cm³/mol. The molecule has 2 N–H and O–H groups in total. The van der Waals surface area contributed by atoms with E-state index in [-0.39, 0.29) is 0 Å². The second-order valence-electron chi connectivity index (χ2n) is 4.87. The summed E-state index contributed by atoms with van der Waals surface area (Å²) < 4.78 is 2.10. The van der Waals surface area contributed by atoms with Crippen molar-refractivity contribution < 1.29 is 0 Å². The van der Waals surface area contributed by atoms with Gasteiger partial charge in [0.05, 0.1) is 12.2 Å². The molecule has 19 heavy (non-hydrogen) atoms. The zero-order chi connectivity index (χ0) is 13.1. The van der Waals surface area contributed by atoms with E-state index in [1.807, 2.05) is 25.5 Å². The zero-order valence-electron chi connectivity index (χ0n) is 11.1. The van der Waals surface area contributed by atoms with Gasteiger partial charge in [0.15, 0.2) is 0 Å². The Hall–Kier alpha value is -1.88. The van der Waals surface area contributed by atoms with Crippen molar-refractivity contribution in [1.29, 1.82) is 0 Å². The highest BCUT2D eigenvalue weighted by atomic mass is 15.3. The third-order valence-corrected chi connectivity index (χ3v) is 3.64. The molecule has 3 rings (SSSR count). The number of nitrogens with zero attached hydrogens (tertiary/aromatic N) is 3. The van der Waals surface area contributed by atoms with Crippen LogP contribution in [0.3, 0.4) is 0 Å². The molecule has 2 aromatic rings. The van der Waals surface area contributed by atoms with Crippen LogP contribution in [0.2, 0.25) is 0 Å². The molecule has 1 aliphatic rings. The number of aromatic nitrogens is 3. The van der Waals surface area contributed by atoms with Gasteiger partial charge < -0.3 is 10.6 Å². The third kappa shape index (κ3) is 2.61. The van der Waals surface area contributed by atoms with Gasteiger partial charge in [0.1, 0.15) is 5.82 Å². The summed E-state index contributed by atoms with van der Waals surface area (Å²) in [5.74, 6) is 0.884. The average Bonchev–Trinajstić information content (AvgIpc) is 2.98. The van der Waals surface area contributed by atoms with Gasteiger partial charge >= 0.3 is 0 Å². The Morgan fingerprint density at radius 1 is 1.21 bits per heavy atom. The van der Waals surface area contributed by atoms with Gasteiger partial charge in [-0.25, -0.2) is 4.98 Å². The topological polar surface area (TPSA) is 54.8 Å². The molecule has 0 unspecified atom stereocenters. The molecule has 0 saturated carbocycles. The van der Waals surface area contributed by atoms with Crippen molar-refractivity contribution >= 4 is 5.82 Å². The second kappa shape index (κ2) is 5.40. The van der Waals surface area contributed by atoms with Crippen molar-refractivity contribution in [2.45, 2.75) is 18.9 Å². The summed E-state index contributed by atoms with van der Waals surface area (Å²) in [6.45, 7) is 2.16. The van der Waals surface area contributed by atoms with Gasteiger partial charge in [-0.15, -0.1) is 0 Å². The van der Waals surface area contributed by atoms with Crippen LogP contribution in [-0.2, 0) is 0 Å². The van der Waals surface area contributed by atoms with E-state index >= 15 is 0 Å². The van der Waals surface area contributed by atoms with Gasteiger partial charge in [-0.3, -0.25) is 4.68 Å². The molecular weight excluding hydrogens is 238 g/mol. The van der Waals surface area contributed by atoms with Crippen LogP contribution in [0, 0.1) is 0 Å². The molecule has 1 aliphatic heterocycles. The SMILES string of the molecule is CNc1ccc(-c2cnn(C3CCNCC3)c2)cn1. The van der Waals surface area contributed by atoms with Gasteiger partial charge in [0, 0.05) is 30.6 Å². The first kappa shape index (κ1) is 12.2. The van der Waals surface area contributed by atoms with Crippen molar-refractivity contribution in [1.82, 2.24) is 20.1 Å². The Morgan fingerprint density at radius 2 is 2.05 bits per heavy atom. The van der Waals surface area contributed by atoms with Crippen molar-refractivity contribution in [3.63, 3.8) is 0 Å². The molecule has 3 heterocycles. The van der Waals surface area contributed by atoms with E-state index in [2.05, 4.69) is 37.7 Å². The van der Waals surface area contributed by atoms with E-state index < -0.39 is 0 Å². The summed E-state index contributed by atoms with van der Waals surface area (Å²) in [5, 5.41) is 10.9. The predicted octanol–water partition coefficient (Wildman–Crippen LogP) is 1.91. The van der Waals surface area contributed by atoms with Gasteiger partial charge in [0.25, 0.3) is 0 Å². The van der Waals surface area contributed by atoms with Crippen LogP contribution < -0.4 is 10.6 Å². The molecule has 0 aliphatic carbocycles. The monoisotopic (exact) mass is 257 g/mol. The van der Waals surface area contributed by atoms with Crippen molar-refractivity contribution in [3.05, 3.63) is 30.7 Å².